The zero-order valence-electron chi connectivity index (χ0n) is 12.5. The molecule has 2 rings (SSSR count). The zero-order valence-corrected chi connectivity index (χ0v) is 12.5. The summed E-state index contributed by atoms with van der Waals surface area (Å²) in [6.45, 7) is 8.02. The summed E-state index contributed by atoms with van der Waals surface area (Å²) in [5.74, 6) is -1.01. The number of likely N-dealkylation sites (tertiary alicyclic amines) is 1. The van der Waals surface area contributed by atoms with Crippen molar-refractivity contribution in [3.05, 3.63) is 12.2 Å². The average molecular weight is 296 g/mol. The normalized spacial score (nSPS) is 29.2. The molecular weight excluding hydrogens is 272 g/mol. The molecule has 21 heavy (non-hydrogen) atoms. The lowest BCUT2D eigenvalue weighted by molar-refractivity contribution is -0.143. The smallest absolute Gasteiger partial charge is 0.317 e. The highest BCUT2D eigenvalue weighted by atomic mass is 16.5. The molecule has 0 radical (unpaired) electrons. The molecule has 2 N–H and O–H groups in total. The number of hydrogen-bond acceptors (Lipinski definition) is 3. The maximum absolute atomic E-state index is 12.2. The molecule has 0 aliphatic carbocycles. The number of nitrogens with one attached hydrogen (secondary N) is 1. The van der Waals surface area contributed by atoms with E-state index < -0.39 is 11.9 Å². The first-order valence-corrected chi connectivity index (χ1v) is 7.51. The predicted molar refractivity (Wildman–Crippen MR) is 78.0 cm³/mol. The molecule has 2 saturated heterocycles. The molecule has 3 unspecified atom stereocenters. The van der Waals surface area contributed by atoms with Crippen molar-refractivity contribution >= 4 is 12.0 Å². The number of nitrogens with zero attached hydrogens (tertiary/aromatic N) is 1. The van der Waals surface area contributed by atoms with Crippen LogP contribution in [0.1, 0.15) is 26.2 Å². The van der Waals surface area contributed by atoms with Crippen LogP contribution in [0, 0.1) is 11.8 Å². The van der Waals surface area contributed by atoms with Gasteiger partial charge in [-0.3, -0.25) is 4.79 Å². The molecule has 118 valence electrons. The van der Waals surface area contributed by atoms with E-state index in [2.05, 4.69) is 11.9 Å². The molecule has 2 fully saturated rings. The number of amides is 2. The molecule has 0 aromatic carbocycles. The molecule has 2 aliphatic rings. The van der Waals surface area contributed by atoms with Crippen LogP contribution in [0.3, 0.4) is 0 Å². The van der Waals surface area contributed by atoms with Gasteiger partial charge in [0.25, 0.3) is 0 Å². The van der Waals surface area contributed by atoms with Gasteiger partial charge in [-0.2, -0.15) is 0 Å². The molecule has 3 atom stereocenters. The molecule has 2 amide bonds. The fourth-order valence-electron chi connectivity index (χ4n) is 3.08. The van der Waals surface area contributed by atoms with Crippen molar-refractivity contribution < 1.29 is 19.4 Å². The third kappa shape index (κ3) is 3.97. The Labute approximate surface area is 125 Å². The molecule has 2 heterocycles. The first kappa shape index (κ1) is 15.8. The minimum atomic E-state index is -0.820. The van der Waals surface area contributed by atoms with Crippen molar-refractivity contribution in [1.82, 2.24) is 10.2 Å². The summed E-state index contributed by atoms with van der Waals surface area (Å²) >= 11 is 0. The number of carboxylic acid groups (broad SMARTS) is 1. The minimum Gasteiger partial charge on any atom is -0.481 e. The van der Waals surface area contributed by atoms with Gasteiger partial charge in [-0.15, -0.1) is 0 Å². The first-order valence-electron chi connectivity index (χ1n) is 7.51. The van der Waals surface area contributed by atoms with Crippen molar-refractivity contribution in [2.75, 3.05) is 26.2 Å². The van der Waals surface area contributed by atoms with Gasteiger partial charge in [-0.05, 0) is 26.2 Å². The van der Waals surface area contributed by atoms with E-state index in [-0.39, 0.29) is 18.1 Å². The number of aliphatic carboxylic acids is 1. The van der Waals surface area contributed by atoms with Crippen LogP contribution < -0.4 is 5.32 Å². The predicted octanol–water partition coefficient (Wildman–Crippen LogP) is 1.47. The lowest BCUT2D eigenvalue weighted by Crippen LogP contribution is -2.48. The van der Waals surface area contributed by atoms with Crippen molar-refractivity contribution in [3.8, 4) is 0 Å². The van der Waals surface area contributed by atoms with Crippen LogP contribution in [-0.4, -0.2) is 54.4 Å². The number of hydrogen-bond donors (Lipinski definition) is 2. The van der Waals surface area contributed by atoms with Gasteiger partial charge in [0, 0.05) is 32.2 Å². The Hall–Kier alpha value is -1.56. The van der Waals surface area contributed by atoms with Gasteiger partial charge in [-0.1, -0.05) is 12.2 Å². The largest absolute Gasteiger partial charge is 0.481 e. The van der Waals surface area contributed by atoms with E-state index in [1.807, 2.05) is 6.92 Å². The summed E-state index contributed by atoms with van der Waals surface area (Å²) in [6.07, 6.45) is 2.31. The van der Waals surface area contributed by atoms with E-state index in [4.69, 9.17) is 9.84 Å². The fourth-order valence-corrected chi connectivity index (χ4v) is 3.08. The van der Waals surface area contributed by atoms with E-state index in [1.54, 1.807) is 4.90 Å². The molecule has 2 aliphatic heterocycles. The van der Waals surface area contributed by atoms with E-state index >= 15 is 0 Å². The molecule has 0 saturated carbocycles. The van der Waals surface area contributed by atoms with Crippen LogP contribution in [0.5, 0.6) is 0 Å². The van der Waals surface area contributed by atoms with Crippen LogP contribution in [0.15, 0.2) is 12.2 Å². The number of rotatable bonds is 4. The second-order valence-electron chi connectivity index (χ2n) is 6.00. The Kier molecular flexibility index (Phi) is 5.22. The Morgan fingerprint density at radius 1 is 1.43 bits per heavy atom. The highest BCUT2D eigenvalue weighted by Gasteiger charge is 2.31. The monoisotopic (exact) mass is 296 g/mol. The van der Waals surface area contributed by atoms with Gasteiger partial charge in [0.1, 0.15) is 0 Å². The zero-order chi connectivity index (χ0) is 15.4. The second-order valence-corrected chi connectivity index (χ2v) is 6.00. The van der Waals surface area contributed by atoms with E-state index in [9.17, 15) is 9.59 Å². The summed E-state index contributed by atoms with van der Waals surface area (Å²) in [5.41, 5.74) is 0.982. The maximum Gasteiger partial charge on any atom is 0.317 e. The van der Waals surface area contributed by atoms with Crippen LogP contribution in [0.2, 0.25) is 0 Å². The summed E-state index contributed by atoms with van der Waals surface area (Å²) in [5, 5.41) is 12.0. The minimum absolute atomic E-state index is 0.0124. The van der Waals surface area contributed by atoms with Crippen molar-refractivity contribution in [1.29, 1.82) is 0 Å². The number of carbonyl (C=O) groups is 2. The summed E-state index contributed by atoms with van der Waals surface area (Å²) < 4.78 is 5.61. The van der Waals surface area contributed by atoms with Crippen LogP contribution in [0.25, 0.3) is 0 Å². The van der Waals surface area contributed by atoms with Crippen molar-refractivity contribution in [3.63, 3.8) is 0 Å². The topological polar surface area (TPSA) is 78.9 Å². The Balaban J connectivity index is 1.81. The number of piperidine rings is 1. The third-order valence-corrected chi connectivity index (χ3v) is 4.27. The second kappa shape index (κ2) is 6.93. The fraction of sp³-hybridized carbons (Fsp3) is 0.733. The highest BCUT2D eigenvalue weighted by Crippen LogP contribution is 2.25. The molecular formula is C15H24N2O4. The van der Waals surface area contributed by atoms with Gasteiger partial charge >= 0.3 is 12.0 Å². The first-order chi connectivity index (χ1) is 9.99. The van der Waals surface area contributed by atoms with Gasteiger partial charge < -0.3 is 20.1 Å². The van der Waals surface area contributed by atoms with Crippen molar-refractivity contribution in [2.24, 2.45) is 11.8 Å². The van der Waals surface area contributed by atoms with Gasteiger partial charge in [0.15, 0.2) is 0 Å². The maximum atomic E-state index is 12.2. The van der Waals surface area contributed by atoms with Crippen LogP contribution in [0.4, 0.5) is 4.79 Å². The van der Waals surface area contributed by atoms with Crippen molar-refractivity contribution in [2.45, 2.75) is 32.3 Å². The van der Waals surface area contributed by atoms with Crippen LogP contribution in [-0.2, 0) is 9.53 Å². The Morgan fingerprint density at radius 2 is 2.19 bits per heavy atom. The summed E-state index contributed by atoms with van der Waals surface area (Å²) in [4.78, 5) is 24.8. The Morgan fingerprint density at radius 3 is 2.86 bits per heavy atom. The Bertz CT molecular complexity index is 424. The quantitative estimate of drug-likeness (QED) is 0.770. The average Bonchev–Trinajstić information content (AvgIpc) is 2.93. The summed E-state index contributed by atoms with van der Waals surface area (Å²) in [6, 6.07) is -0.173. The molecule has 0 aromatic heterocycles. The SMILES string of the molecule is C=C(C)C1OCCC1CNC(=O)N1CCCC(C(=O)O)C1. The molecule has 6 heteroatoms. The lowest BCUT2D eigenvalue weighted by atomic mass is 9.97. The molecule has 0 bridgehead atoms. The standard InChI is InChI=1S/C15H24N2O4/c1-10(2)13-11(5-7-21-13)8-16-15(20)17-6-3-4-12(9-17)14(18)19/h11-13H,1,3-9H2,2H3,(H,16,20)(H,18,19). The molecule has 0 spiro atoms. The van der Waals surface area contributed by atoms with E-state index in [1.165, 1.54) is 0 Å². The highest BCUT2D eigenvalue weighted by molar-refractivity contribution is 5.76. The molecule has 0 aromatic rings. The third-order valence-electron chi connectivity index (χ3n) is 4.27. The van der Waals surface area contributed by atoms with Gasteiger partial charge in [0.2, 0.25) is 0 Å². The number of ether oxygens (including phenoxy) is 1. The number of carbonyl (C=O) groups excluding carboxylic acids is 1. The number of carboxylic acids is 1. The van der Waals surface area contributed by atoms with E-state index in [0.29, 0.717) is 32.7 Å². The lowest BCUT2D eigenvalue weighted by Gasteiger charge is -2.31. The van der Waals surface area contributed by atoms with E-state index in [0.717, 1.165) is 18.4 Å². The number of urea groups is 1. The van der Waals surface area contributed by atoms with Gasteiger partial charge in [-0.25, -0.2) is 4.79 Å². The summed E-state index contributed by atoms with van der Waals surface area (Å²) in [7, 11) is 0. The van der Waals surface area contributed by atoms with Gasteiger partial charge in [0.05, 0.1) is 12.0 Å². The van der Waals surface area contributed by atoms with Crippen LogP contribution >= 0.6 is 0 Å². The molecule has 6 nitrogen and oxygen atoms in total.